The van der Waals surface area contributed by atoms with Crippen molar-refractivity contribution in [1.82, 2.24) is 9.55 Å². The van der Waals surface area contributed by atoms with E-state index in [2.05, 4.69) is 4.98 Å². The van der Waals surface area contributed by atoms with Gasteiger partial charge in [0.25, 0.3) is 0 Å². The maximum Gasteiger partial charge on any atom is 0.212 e. The Balaban J connectivity index is 1.73. The summed E-state index contributed by atoms with van der Waals surface area (Å²) < 4.78 is 20.3. The molecule has 0 aliphatic rings. The minimum Gasteiger partial charge on any atom is -0.497 e. The first-order valence-corrected chi connectivity index (χ1v) is 9.68. The minimum absolute atomic E-state index is 0.189. The number of hydrogen-bond acceptors (Lipinski definition) is 3. The van der Waals surface area contributed by atoms with E-state index in [4.69, 9.17) is 16.3 Å². The van der Waals surface area contributed by atoms with Gasteiger partial charge >= 0.3 is 0 Å². The van der Waals surface area contributed by atoms with Crippen LogP contribution in [0.1, 0.15) is 27.4 Å². The number of carbonyl (C=O) groups excluding carboxylic acids is 1. The van der Waals surface area contributed by atoms with Crippen LogP contribution in [0.3, 0.4) is 0 Å². The molecule has 4 aromatic rings. The molecule has 0 saturated heterocycles. The predicted molar refractivity (Wildman–Crippen MR) is 114 cm³/mol. The van der Waals surface area contributed by atoms with Gasteiger partial charge < -0.3 is 9.30 Å². The quantitative estimate of drug-likeness (QED) is 0.387. The van der Waals surface area contributed by atoms with Crippen molar-refractivity contribution < 1.29 is 13.9 Å². The lowest BCUT2D eigenvalue weighted by Crippen LogP contribution is -2.02. The van der Waals surface area contributed by atoms with Crippen molar-refractivity contribution in [2.45, 2.75) is 6.42 Å². The highest BCUT2D eigenvalue weighted by molar-refractivity contribution is 6.30. The molecule has 0 unspecified atom stereocenters. The molecule has 4 rings (SSSR count). The number of hydrogen-bond donors (Lipinski definition) is 0. The van der Waals surface area contributed by atoms with Crippen LogP contribution in [0, 0.1) is 5.82 Å². The summed E-state index contributed by atoms with van der Waals surface area (Å²) in [7, 11) is 1.58. The highest BCUT2D eigenvalue weighted by atomic mass is 35.5. The lowest BCUT2D eigenvalue weighted by atomic mass is 10.1. The number of ketones is 1. The Bertz CT molecular complexity index is 1170. The van der Waals surface area contributed by atoms with Crippen LogP contribution >= 0.6 is 11.6 Å². The second-order valence-corrected chi connectivity index (χ2v) is 7.19. The van der Waals surface area contributed by atoms with Gasteiger partial charge in [0.1, 0.15) is 23.1 Å². The maximum absolute atomic E-state index is 13.3. The Morgan fingerprint density at radius 1 is 1.00 bits per heavy atom. The molecule has 0 bridgehead atoms. The fourth-order valence-corrected chi connectivity index (χ4v) is 3.28. The zero-order valence-electron chi connectivity index (χ0n) is 16.2. The van der Waals surface area contributed by atoms with Crippen LogP contribution in [0.5, 0.6) is 5.75 Å². The molecule has 0 spiro atoms. The summed E-state index contributed by atoms with van der Waals surface area (Å²) in [5.74, 6) is 0.858. The highest BCUT2D eigenvalue weighted by Crippen LogP contribution is 2.21. The van der Waals surface area contributed by atoms with E-state index in [0.717, 1.165) is 11.3 Å². The monoisotopic (exact) mass is 420 g/mol. The fraction of sp³-hybridized carbons (Fsp3) is 0.0833. The summed E-state index contributed by atoms with van der Waals surface area (Å²) in [6, 6.07) is 20.4. The first-order valence-electron chi connectivity index (χ1n) is 9.31. The van der Waals surface area contributed by atoms with E-state index in [0.29, 0.717) is 34.3 Å². The number of aromatic nitrogens is 2. The van der Waals surface area contributed by atoms with Gasteiger partial charge in [-0.2, -0.15) is 0 Å². The van der Waals surface area contributed by atoms with Crippen LogP contribution in [-0.4, -0.2) is 22.4 Å². The SMILES string of the molecule is COc1ccc(C(=O)c2cn(-c3ccc(Cl)cc3)c(Cc3ccc(F)cc3)n2)cc1. The Labute approximate surface area is 178 Å². The first-order chi connectivity index (χ1) is 14.5. The average molecular weight is 421 g/mol. The maximum atomic E-state index is 13.3. The van der Waals surface area contributed by atoms with Crippen LogP contribution in [0.4, 0.5) is 4.39 Å². The molecular weight excluding hydrogens is 403 g/mol. The van der Waals surface area contributed by atoms with E-state index in [1.165, 1.54) is 12.1 Å². The van der Waals surface area contributed by atoms with Crippen LogP contribution in [0.25, 0.3) is 5.69 Å². The predicted octanol–water partition coefficient (Wildman–Crippen LogP) is 5.50. The van der Waals surface area contributed by atoms with Crippen molar-refractivity contribution in [3.8, 4) is 11.4 Å². The molecular formula is C24H18ClFN2O2. The van der Waals surface area contributed by atoms with Crippen LogP contribution < -0.4 is 4.74 Å². The third-order valence-electron chi connectivity index (χ3n) is 4.74. The fourth-order valence-electron chi connectivity index (χ4n) is 3.15. The van der Waals surface area contributed by atoms with Gasteiger partial charge in [0.15, 0.2) is 0 Å². The number of ether oxygens (including phenoxy) is 1. The van der Waals surface area contributed by atoms with Crippen LogP contribution in [0.15, 0.2) is 79.0 Å². The Kier molecular flexibility index (Phi) is 5.63. The number of imidazole rings is 1. The normalized spacial score (nSPS) is 10.8. The number of rotatable bonds is 6. The summed E-state index contributed by atoms with van der Waals surface area (Å²) in [5.41, 5.74) is 2.57. The van der Waals surface area contributed by atoms with Gasteiger partial charge in [-0.3, -0.25) is 4.79 Å². The van der Waals surface area contributed by atoms with E-state index in [-0.39, 0.29) is 11.6 Å². The number of nitrogens with zero attached hydrogens (tertiary/aromatic N) is 2. The smallest absolute Gasteiger partial charge is 0.212 e. The molecule has 0 N–H and O–H groups in total. The summed E-state index contributed by atoms with van der Waals surface area (Å²) in [6.07, 6.45) is 2.16. The summed E-state index contributed by atoms with van der Waals surface area (Å²) in [4.78, 5) is 17.6. The van der Waals surface area contributed by atoms with Crippen LogP contribution in [-0.2, 0) is 6.42 Å². The van der Waals surface area contributed by atoms with E-state index in [9.17, 15) is 9.18 Å². The van der Waals surface area contributed by atoms with E-state index in [1.807, 2.05) is 16.7 Å². The van der Waals surface area contributed by atoms with Gasteiger partial charge in [0.05, 0.1) is 7.11 Å². The highest BCUT2D eigenvalue weighted by Gasteiger charge is 2.17. The Morgan fingerprint density at radius 3 is 2.30 bits per heavy atom. The topological polar surface area (TPSA) is 44.1 Å². The zero-order chi connectivity index (χ0) is 21.1. The zero-order valence-corrected chi connectivity index (χ0v) is 16.9. The third-order valence-corrected chi connectivity index (χ3v) is 5.00. The van der Waals surface area contributed by atoms with E-state index < -0.39 is 0 Å². The molecule has 3 aromatic carbocycles. The number of benzene rings is 3. The lowest BCUT2D eigenvalue weighted by molar-refractivity contribution is 0.103. The van der Waals surface area contributed by atoms with Crippen molar-refractivity contribution in [2.24, 2.45) is 0 Å². The molecule has 0 saturated carbocycles. The first kappa shape index (κ1) is 19.9. The third kappa shape index (κ3) is 4.26. The molecule has 30 heavy (non-hydrogen) atoms. The molecule has 1 aromatic heterocycles. The van der Waals surface area contributed by atoms with E-state index in [1.54, 1.807) is 61.8 Å². The van der Waals surface area contributed by atoms with Gasteiger partial charge in [0, 0.05) is 28.9 Å². The number of carbonyl (C=O) groups is 1. The summed E-state index contributed by atoms with van der Waals surface area (Å²) >= 11 is 6.02. The number of halogens is 2. The molecule has 0 aliphatic carbocycles. The average Bonchev–Trinajstić information content (AvgIpc) is 3.19. The molecule has 0 aliphatic heterocycles. The van der Waals surface area contributed by atoms with Crippen molar-refractivity contribution in [3.63, 3.8) is 0 Å². The number of methoxy groups -OCH3 is 1. The largest absolute Gasteiger partial charge is 0.497 e. The van der Waals surface area contributed by atoms with Gasteiger partial charge in [-0.05, 0) is 66.2 Å². The van der Waals surface area contributed by atoms with Crippen molar-refractivity contribution in [3.05, 3.63) is 112 Å². The van der Waals surface area contributed by atoms with E-state index >= 15 is 0 Å². The Morgan fingerprint density at radius 2 is 1.67 bits per heavy atom. The van der Waals surface area contributed by atoms with Gasteiger partial charge in [-0.1, -0.05) is 23.7 Å². The van der Waals surface area contributed by atoms with Gasteiger partial charge in [-0.25, -0.2) is 9.37 Å². The van der Waals surface area contributed by atoms with Crippen molar-refractivity contribution in [1.29, 1.82) is 0 Å². The molecule has 0 amide bonds. The molecule has 0 atom stereocenters. The lowest BCUT2D eigenvalue weighted by Gasteiger charge is -2.08. The van der Waals surface area contributed by atoms with Gasteiger partial charge in [0.2, 0.25) is 5.78 Å². The molecule has 6 heteroatoms. The van der Waals surface area contributed by atoms with Crippen molar-refractivity contribution >= 4 is 17.4 Å². The van der Waals surface area contributed by atoms with Gasteiger partial charge in [-0.15, -0.1) is 0 Å². The molecule has 1 heterocycles. The second kappa shape index (κ2) is 8.51. The Hall–Kier alpha value is -3.44. The van der Waals surface area contributed by atoms with Crippen molar-refractivity contribution in [2.75, 3.05) is 7.11 Å². The summed E-state index contributed by atoms with van der Waals surface area (Å²) in [5, 5.41) is 0.619. The van der Waals surface area contributed by atoms with Crippen LogP contribution in [0.2, 0.25) is 5.02 Å². The second-order valence-electron chi connectivity index (χ2n) is 6.75. The molecule has 150 valence electrons. The minimum atomic E-state index is -0.296. The summed E-state index contributed by atoms with van der Waals surface area (Å²) in [6.45, 7) is 0. The molecule has 0 fully saturated rings. The molecule has 4 nitrogen and oxygen atoms in total. The standard InChI is InChI=1S/C24H18ClFN2O2/c1-30-21-12-4-17(5-13-21)24(29)22-15-28(20-10-6-18(25)7-11-20)23(27-22)14-16-2-8-19(26)9-3-16/h2-13,15H,14H2,1H3. The molecule has 0 radical (unpaired) electrons.